The highest BCUT2D eigenvalue weighted by atomic mass is 32.2. The van der Waals surface area contributed by atoms with Crippen molar-refractivity contribution in [2.75, 3.05) is 10.6 Å². The number of hydrogen-bond donors (Lipinski definition) is 3. The highest BCUT2D eigenvalue weighted by Gasteiger charge is 2.23. The predicted molar refractivity (Wildman–Crippen MR) is 147 cm³/mol. The van der Waals surface area contributed by atoms with Gasteiger partial charge in [0, 0.05) is 21.8 Å². The third kappa shape index (κ3) is 6.85. The van der Waals surface area contributed by atoms with E-state index in [0.717, 1.165) is 16.0 Å². The molecule has 0 fully saturated rings. The number of primary sulfonamides is 1. The average Bonchev–Trinajstić information content (AvgIpc) is 2.88. The number of hydrogen-bond acceptors (Lipinski definition) is 5. The van der Waals surface area contributed by atoms with Crippen LogP contribution in [0.15, 0.2) is 113 Å². The van der Waals surface area contributed by atoms with Crippen molar-refractivity contribution in [3.63, 3.8) is 0 Å². The van der Waals surface area contributed by atoms with Crippen LogP contribution in [0.25, 0.3) is 0 Å². The molecule has 4 N–H and O–H groups in total. The lowest BCUT2D eigenvalue weighted by molar-refractivity contribution is -0.115. The quantitative estimate of drug-likeness (QED) is 0.264. The van der Waals surface area contributed by atoms with E-state index < -0.39 is 15.3 Å². The highest BCUT2D eigenvalue weighted by Crippen LogP contribution is 2.37. The summed E-state index contributed by atoms with van der Waals surface area (Å²) in [5.74, 6) is -0.491. The number of aryl methyl sites for hydroxylation is 1. The van der Waals surface area contributed by atoms with Crippen molar-refractivity contribution in [1.29, 1.82) is 0 Å². The van der Waals surface area contributed by atoms with E-state index in [-0.39, 0.29) is 16.7 Å². The second kappa shape index (κ2) is 11.4. The molecule has 0 aromatic heterocycles. The van der Waals surface area contributed by atoms with Crippen LogP contribution in [-0.4, -0.2) is 20.2 Å². The molecule has 4 aromatic carbocycles. The smallest absolute Gasteiger partial charge is 0.255 e. The number of thioether (sulfide) groups is 1. The van der Waals surface area contributed by atoms with E-state index in [1.54, 1.807) is 12.1 Å². The first kappa shape index (κ1) is 26.2. The second-order valence-electron chi connectivity index (χ2n) is 8.26. The van der Waals surface area contributed by atoms with Crippen LogP contribution in [0.3, 0.4) is 0 Å². The Morgan fingerprint density at radius 1 is 0.784 bits per heavy atom. The molecule has 1 atom stereocenters. The van der Waals surface area contributed by atoms with Crippen molar-refractivity contribution in [3.8, 4) is 0 Å². The van der Waals surface area contributed by atoms with E-state index in [0.29, 0.717) is 16.9 Å². The Morgan fingerprint density at radius 3 is 2.14 bits per heavy atom. The van der Waals surface area contributed by atoms with Crippen LogP contribution in [0.5, 0.6) is 0 Å². The van der Waals surface area contributed by atoms with Gasteiger partial charge >= 0.3 is 0 Å². The normalized spacial score (nSPS) is 11.9. The number of nitrogens with two attached hydrogens (primary N) is 1. The number of rotatable bonds is 8. The van der Waals surface area contributed by atoms with Gasteiger partial charge in [0.25, 0.3) is 5.91 Å². The first-order valence-corrected chi connectivity index (χ1v) is 13.8. The number of carbonyl (C=O) groups is 2. The molecule has 7 nitrogen and oxygen atoms in total. The van der Waals surface area contributed by atoms with E-state index in [1.165, 1.54) is 36.0 Å². The second-order valence-corrected chi connectivity index (χ2v) is 11.0. The molecule has 2 amide bonds. The molecule has 0 saturated carbocycles. The number of carbonyl (C=O) groups excluding carboxylic acids is 2. The minimum absolute atomic E-state index is 0.0379. The van der Waals surface area contributed by atoms with Gasteiger partial charge in [0.15, 0.2) is 0 Å². The molecule has 1 unspecified atom stereocenters. The zero-order valence-corrected chi connectivity index (χ0v) is 21.6. The Labute approximate surface area is 220 Å². The van der Waals surface area contributed by atoms with Gasteiger partial charge in [-0.1, -0.05) is 54.6 Å². The number of sulfonamides is 1. The molecule has 188 valence electrons. The summed E-state index contributed by atoms with van der Waals surface area (Å²) in [7, 11) is -3.83. The van der Waals surface area contributed by atoms with Gasteiger partial charge in [-0.3, -0.25) is 9.59 Å². The van der Waals surface area contributed by atoms with Crippen LogP contribution in [0.4, 0.5) is 11.4 Å². The lowest BCUT2D eigenvalue weighted by Gasteiger charge is -2.18. The summed E-state index contributed by atoms with van der Waals surface area (Å²) in [4.78, 5) is 26.8. The molecule has 9 heteroatoms. The summed E-state index contributed by atoms with van der Waals surface area (Å²) in [5.41, 5.74) is 3.32. The molecule has 4 aromatic rings. The van der Waals surface area contributed by atoms with Gasteiger partial charge in [-0.15, -0.1) is 11.8 Å². The summed E-state index contributed by atoms with van der Waals surface area (Å²) < 4.78 is 23.0. The number of nitrogens with one attached hydrogen (secondary N) is 2. The maximum atomic E-state index is 13.3. The van der Waals surface area contributed by atoms with E-state index in [2.05, 4.69) is 10.6 Å². The van der Waals surface area contributed by atoms with Crippen molar-refractivity contribution in [1.82, 2.24) is 0 Å². The topological polar surface area (TPSA) is 118 Å². The van der Waals surface area contributed by atoms with E-state index in [4.69, 9.17) is 5.14 Å². The molecular weight excluding hydrogens is 506 g/mol. The SMILES string of the molecule is Cc1ccccc1C(=O)Nc1cccc(SC(C(=O)Nc2ccc(S(N)(=O)=O)cc2)c2ccccc2)c1. The Morgan fingerprint density at radius 2 is 1.46 bits per heavy atom. The highest BCUT2D eigenvalue weighted by molar-refractivity contribution is 8.00. The van der Waals surface area contributed by atoms with Crippen molar-refractivity contribution < 1.29 is 18.0 Å². The fourth-order valence-electron chi connectivity index (χ4n) is 3.65. The molecule has 0 radical (unpaired) electrons. The minimum atomic E-state index is -3.83. The lowest BCUT2D eigenvalue weighted by Crippen LogP contribution is -2.19. The Bertz CT molecular complexity index is 1520. The third-order valence-electron chi connectivity index (χ3n) is 5.53. The molecular formula is C28H25N3O4S2. The van der Waals surface area contributed by atoms with Gasteiger partial charge in [0.05, 0.1) is 4.90 Å². The van der Waals surface area contributed by atoms with E-state index in [9.17, 15) is 18.0 Å². The summed E-state index contributed by atoms with van der Waals surface area (Å²) in [6, 6.07) is 29.7. The van der Waals surface area contributed by atoms with Gasteiger partial charge in [0.1, 0.15) is 5.25 Å². The predicted octanol–water partition coefficient (Wildman–Crippen LogP) is 5.37. The molecule has 0 aliphatic carbocycles. The van der Waals surface area contributed by atoms with Crippen molar-refractivity contribution in [3.05, 3.63) is 120 Å². The average molecular weight is 532 g/mol. The zero-order chi connectivity index (χ0) is 26.4. The van der Waals surface area contributed by atoms with Gasteiger partial charge in [-0.2, -0.15) is 0 Å². The van der Waals surface area contributed by atoms with E-state index >= 15 is 0 Å². The first-order chi connectivity index (χ1) is 17.7. The third-order valence-corrected chi connectivity index (χ3v) is 7.70. The monoisotopic (exact) mass is 531 g/mol. The van der Waals surface area contributed by atoms with Crippen molar-refractivity contribution in [2.45, 2.75) is 22.0 Å². The van der Waals surface area contributed by atoms with E-state index in [1.807, 2.05) is 73.7 Å². The van der Waals surface area contributed by atoms with Crippen LogP contribution in [0.2, 0.25) is 0 Å². The first-order valence-electron chi connectivity index (χ1n) is 11.3. The standard InChI is InChI=1S/C28H25N3O4S2/c1-19-8-5-6-13-25(19)27(32)31-22-11-7-12-23(18-22)36-26(20-9-3-2-4-10-20)28(33)30-21-14-16-24(17-15-21)37(29,34)35/h2-18,26H,1H3,(H,30,33)(H,31,32)(H2,29,34,35). The van der Waals surface area contributed by atoms with Crippen LogP contribution in [0.1, 0.15) is 26.7 Å². The molecule has 0 aliphatic heterocycles. The minimum Gasteiger partial charge on any atom is -0.325 e. The maximum Gasteiger partial charge on any atom is 0.255 e. The fraction of sp³-hybridized carbons (Fsp3) is 0.0714. The summed E-state index contributed by atoms with van der Waals surface area (Å²) >= 11 is 1.34. The van der Waals surface area contributed by atoms with Crippen molar-refractivity contribution in [2.24, 2.45) is 5.14 Å². The number of benzene rings is 4. The fourth-order valence-corrected chi connectivity index (χ4v) is 5.24. The Balaban J connectivity index is 1.54. The molecule has 0 spiro atoms. The number of anilines is 2. The summed E-state index contributed by atoms with van der Waals surface area (Å²) in [6.07, 6.45) is 0. The lowest BCUT2D eigenvalue weighted by atomic mass is 10.1. The Kier molecular flexibility index (Phi) is 8.08. The molecule has 4 rings (SSSR count). The maximum absolute atomic E-state index is 13.3. The van der Waals surface area contributed by atoms with Crippen LogP contribution < -0.4 is 15.8 Å². The largest absolute Gasteiger partial charge is 0.325 e. The molecule has 0 heterocycles. The van der Waals surface area contributed by atoms with Crippen molar-refractivity contribution >= 4 is 45.0 Å². The molecule has 0 saturated heterocycles. The zero-order valence-electron chi connectivity index (χ0n) is 19.9. The summed E-state index contributed by atoms with van der Waals surface area (Å²) in [5, 5.41) is 10.3. The molecule has 37 heavy (non-hydrogen) atoms. The molecule has 0 aliphatic rings. The van der Waals surface area contributed by atoms with Gasteiger partial charge < -0.3 is 10.6 Å². The van der Waals surface area contributed by atoms with Gasteiger partial charge in [-0.25, -0.2) is 13.6 Å². The van der Waals surface area contributed by atoms with Crippen LogP contribution in [-0.2, 0) is 14.8 Å². The van der Waals surface area contributed by atoms with Gasteiger partial charge in [-0.05, 0) is 66.6 Å². The van der Waals surface area contributed by atoms with Crippen LogP contribution in [0, 0.1) is 6.92 Å². The number of amides is 2. The Hall–Kier alpha value is -3.92. The van der Waals surface area contributed by atoms with Crippen LogP contribution >= 0.6 is 11.8 Å². The summed E-state index contributed by atoms with van der Waals surface area (Å²) in [6.45, 7) is 1.88. The van der Waals surface area contributed by atoms with Gasteiger partial charge in [0.2, 0.25) is 15.9 Å². The molecule has 0 bridgehead atoms.